The van der Waals surface area contributed by atoms with E-state index >= 15 is 0 Å². The zero-order valence-electron chi connectivity index (χ0n) is 26.3. The molecule has 3 nitrogen and oxygen atoms in total. The lowest BCUT2D eigenvalue weighted by atomic mass is 10.1. The van der Waals surface area contributed by atoms with Gasteiger partial charge in [-0.2, -0.15) is 0 Å². The second-order valence-corrected chi connectivity index (χ2v) is 11.1. The van der Waals surface area contributed by atoms with Gasteiger partial charge in [0.25, 0.3) is 0 Å². The number of para-hydroxylation sites is 1. The zero-order chi connectivity index (χ0) is 31.9. The van der Waals surface area contributed by atoms with Gasteiger partial charge in [0.2, 0.25) is 0 Å². The molecule has 0 bridgehead atoms. The SMILES string of the molecule is C=C/C=C(\C=C/C)N1/C=C\C=C/C(=C)c2cccnc21.Cc1ccc2c(c1)c1ccccc1n2-c1ccc(-c2ccccc2)cc1. The third-order valence-corrected chi connectivity index (χ3v) is 7.97. The Balaban J connectivity index is 0.000000168. The van der Waals surface area contributed by atoms with Crippen molar-refractivity contribution in [2.75, 3.05) is 4.90 Å². The monoisotopic (exact) mass is 595 g/mol. The minimum absolute atomic E-state index is 0.865. The van der Waals surface area contributed by atoms with E-state index in [0.717, 1.165) is 22.7 Å². The van der Waals surface area contributed by atoms with Gasteiger partial charge in [-0.25, -0.2) is 4.98 Å². The third-order valence-electron chi connectivity index (χ3n) is 7.97. The average Bonchev–Trinajstić information content (AvgIpc) is 3.42. The van der Waals surface area contributed by atoms with Gasteiger partial charge in [0.15, 0.2) is 0 Å². The Morgan fingerprint density at radius 3 is 2.28 bits per heavy atom. The summed E-state index contributed by atoms with van der Waals surface area (Å²) in [4.78, 5) is 6.54. The molecule has 46 heavy (non-hydrogen) atoms. The first kappa shape index (κ1) is 30.1. The molecule has 1 aliphatic rings. The summed E-state index contributed by atoms with van der Waals surface area (Å²) in [6.07, 6.45) is 17.5. The van der Waals surface area contributed by atoms with Crippen LogP contribution in [0.3, 0.4) is 0 Å². The van der Waals surface area contributed by atoms with Gasteiger partial charge in [0.05, 0.1) is 11.0 Å². The maximum Gasteiger partial charge on any atom is 0.144 e. The lowest BCUT2D eigenvalue weighted by molar-refractivity contribution is 1.11. The molecule has 2 aromatic heterocycles. The van der Waals surface area contributed by atoms with Crippen LogP contribution in [-0.2, 0) is 0 Å². The molecule has 0 unspecified atom stereocenters. The first-order chi connectivity index (χ1) is 22.6. The molecule has 0 fully saturated rings. The van der Waals surface area contributed by atoms with Gasteiger partial charge >= 0.3 is 0 Å². The quantitative estimate of drug-likeness (QED) is 0.185. The van der Waals surface area contributed by atoms with E-state index in [0.29, 0.717) is 0 Å². The number of fused-ring (bicyclic) bond motifs is 4. The molecule has 0 saturated heterocycles. The van der Waals surface area contributed by atoms with Crippen molar-refractivity contribution in [1.82, 2.24) is 9.55 Å². The molecule has 0 radical (unpaired) electrons. The van der Waals surface area contributed by atoms with Gasteiger partial charge in [-0.05, 0) is 91.2 Å². The van der Waals surface area contributed by atoms with Crippen molar-refractivity contribution in [3.05, 3.63) is 194 Å². The number of aryl methyl sites for hydroxylation is 1. The number of anilines is 1. The maximum absolute atomic E-state index is 4.51. The van der Waals surface area contributed by atoms with E-state index in [2.05, 4.69) is 127 Å². The van der Waals surface area contributed by atoms with Crippen LogP contribution in [0.25, 0.3) is 44.2 Å². The van der Waals surface area contributed by atoms with Crippen molar-refractivity contribution in [2.45, 2.75) is 13.8 Å². The van der Waals surface area contributed by atoms with Crippen LogP contribution < -0.4 is 4.90 Å². The normalized spacial score (nSPS) is 14.3. The van der Waals surface area contributed by atoms with E-state index in [1.807, 2.05) is 66.6 Å². The molecule has 0 spiro atoms. The maximum atomic E-state index is 4.51. The lowest BCUT2D eigenvalue weighted by Crippen LogP contribution is -2.17. The topological polar surface area (TPSA) is 21.1 Å². The molecule has 3 heterocycles. The highest BCUT2D eigenvalue weighted by atomic mass is 15.2. The first-order valence-corrected chi connectivity index (χ1v) is 15.5. The summed E-state index contributed by atoms with van der Waals surface area (Å²) in [6.45, 7) is 12.0. The van der Waals surface area contributed by atoms with E-state index in [-0.39, 0.29) is 0 Å². The number of allylic oxidation sites excluding steroid dienone is 8. The Morgan fingerprint density at radius 2 is 1.50 bits per heavy atom. The fourth-order valence-corrected chi connectivity index (χ4v) is 5.82. The Kier molecular flexibility index (Phi) is 9.03. The summed E-state index contributed by atoms with van der Waals surface area (Å²) in [5.74, 6) is 0.865. The Labute approximate surface area is 271 Å². The second-order valence-electron chi connectivity index (χ2n) is 11.1. The van der Waals surface area contributed by atoms with Crippen LogP contribution in [-0.4, -0.2) is 9.55 Å². The van der Waals surface area contributed by atoms with Crippen molar-refractivity contribution in [1.29, 1.82) is 0 Å². The van der Waals surface area contributed by atoms with Gasteiger partial charge < -0.3 is 9.47 Å². The molecular formula is C43H37N3. The zero-order valence-corrected chi connectivity index (χ0v) is 26.3. The van der Waals surface area contributed by atoms with Crippen molar-refractivity contribution in [3.8, 4) is 16.8 Å². The van der Waals surface area contributed by atoms with Crippen molar-refractivity contribution in [3.63, 3.8) is 0 Å². The van der Waals surface area contributed by atoms with Crippen LogP contribution in [0, 0.1) is 6.92 Å². The molecule has 7 rings (SSSR count). The summed E-state index contributed by atoms with van der Waals surface area (Å²) in [6, 6.07) is 38.7. The van der Waals surface area contributed by atoms with Crippen LogP contribution in [0.15, 0.2) is 183 Å². The number of hydrogen-bond donors (Lipinski definition) is 0. The fraction of sp³-hybridized carbons (Fsp3) is 0.0465. The van der Waals surface area contributed by atoms with Gasteiger partial charge in [0.1, 0.15) is 5.82 Å². The third kappa shape index (κ3) is 6.17. The highest BCUT2D eigenvalue weighted by molar-refractivity contribution is 6.09. The van der Waals surface area contributed by atoms with Crippen LogP contribution >= 0.6 is 0 Å². The largest absolute Gasteiger partial charge is 0.309 e. The number of pyridine rings is 1. The van der Waals surface area contributed by atoms with Gasteiger partial charge in [0, 0.05) is 40.1 Å². The van der Waals surface area contributed by atoms with Crippen LogP contribution in [0.1, 0.15) is 18.1 Å². The van der Waals surface area contributed by atoms with Gasteiger partial charge in [-0.1, -0.05) is 110 Å². The Bertz CT molecular complexity index is 2140. The Hall–Kier alpha value is -5.93. The predicted molar refractivity (Wildman–Crippen MR) is 198 cm³/mol. The molecule has 1 aliphatic heterocycles. The van der Waals surface area contributed by atoms with Crippen LogP contribution in [0.2, 0.25) is 0 Å². The van der Waals surface area contributed by atoms with Gasteiger partial charge in [-0.3, -0.25) is 0 Å². The summed E-state index contributed by atoms with van der Waals surface area (Å²) in [5, 5.41) is 2.62. The smallest absolute Gasteiger partial charge is 0.144 e. The number of rotatable bonds is 5. The molecule has 224 valence electrons. The van der Waals surface area contributed by atoms with Crippen molar-refractivity contribution < 1.29 is 0 Å². The summed E-state index contributed by atoms with van der Waals surface area (Å²) in [7, 11) is 0. The average molecular weight is 596 g/mol. The molecule has 0 amide bonds. The van der Waals surface area contributed by atoms with Gasteiger partial charge in [-0.15, -0.1) is 0 Å². The summed E-state index contributed by atoms with van der Waals surface area (Å²) < 4.78 is 2.36. The Morgan fingerprint density at radius 1 is 0.761 bits per heavy atom. The molecular weight excluding hydrogens is 558 g/mol. The number of benzene rings is 4. The van der Waals surface area contributed by atoms with Crippen molar-refractivity contribution in [2.24, 2.45) is 0 Å². The standard InChI is InChI=1S/C25H19N.C18H18N2/c1-18-11-16-25-23(17-18)22-9-5-6-10-24(22)26(25)21-14-12-20(13-15-21)19-7-3-2-4-8-19;1-4-9-16(10-5-2)20-14-7-6-11-15(3)17-12-8-13-19-18(17)20/h2-17H,1H3;4-14H,1,3H2,2H3/b;10-5-,11-6-,14-7-,16-9+. The second kappa shape index (κ2) is 13.8. The van der Waals surface area contributed by atoms with E-state index in [9.17, 15) is 0 Å². The minimum atomic E-state index is 0.865. The highest BCUT2D eigenvalue weighted by Gasteiger charge is 2.15. The molecule has 0 saturated carbocycles. The van der Waals surface area contributed by atoms with Crippen LogP contribution in [0.4, 0.5) is 5.82 Å². The van der Waals surface area contributed by atoms with Crippen LogP contribution in [0.5, 0.6) is 0 Å². The number of hydrogen-bond acceptors (Lipinski definition) is 2. The van der Waals surface area contributed by atoms with E-state index in [1.54, 1.807) is 12.3 Å². The number of aromatic nitrogens is 2. The molecule has 0 N–H and O–H groups in total. The van der Waals surface area contributed by atoms with E-state index in [1.165, 1.54) is 44.2 Å². The predicted octanol–water partition coefficient (Wildman–Crippen LogP) is 11.4. The summed E-state index contributed by atoms with van der Waals surface area (Å²) >= 11 is 0. The summed E-state index contributed by atoms with van der Waals surface area (Å²) in [5.41, 5.74) is 10.4. The molecule has 0 atom stereocenters. The van der Waals surface area contributed by atoms with E-state index < -0.39 is 0 Å². The molecule has 4 aromatic carbocycles. The lowest BCUT2D eigenvalue weighted by Gasteiger charge is -2.24. The molecule has 0 aliphatic carbocycles. The molecule has 6 aromatic rings. The first-order valence-electron chi connectivity index (χ1n) is 15.5. The minimum Gasteiger partial charge on any atom is -0.309 e. The number of nitrogens with zero attached hydrogens (tertiary/aromatic N) is 3. The highest BCUT2D eigenvalue weighted by Crippen LogP contribution is 2.33. The van der Waals surface area contributed by atoms with E-state index in [4.69, 9.17) is 0 Å². The fourth-order valence-electron chi connectivity index (χ4n) is 5.82. The molecule has 3 heteroatoms. The van der Waals surface area contributed by atoms with Crippen molar-refractivity contribution >= 4 is 33.2 Å².